The molecule has 150 valence electrons. The Morgan fingerprint density at radius 2 is 1.68 bits per heavy atom. The minimum absolute atomic E-state index is 0.594. The normalized spacial score (nSPS) is 12.7. The summed E-state index contributed by atoms with van der Waals surface area (Å²) in [6.45, 7) is 17.8. The Bertz CT molecular complexity index is 326. The van der Waals surface area contributed by atoms with Crippen molar-refractivity contribution in [2.24, 2.45) is 4.99 Å². The van der Waals surface area contributed by atoms with Gasteiger partial charge in [0.1, 0.15) is 0 Å². The predicted molar refractivity (Wildman–Crippen MR) is 110 cm³/mol. The molecule has 0 aromatic heterocycles. The number of guanidine groups is 1. The lowest BCUT2D eigenvalue weighted by Gasteiger charge is -2.30. The summed E-state index contributed by atoms with van der Waals surface area (Å²) in [6, 6.07) is 1.19. The van der Waals surface area contributed by atoms with Crippen molar-refractivity contribution in [3.05, 3.63) is 0 Å². The maximum atomic E-state index is 5.10. The van der Waals surface area contributed by atoms with Crippen LogP contribution in [0, 0.1) is 0 Å². The molecule has 0 saturated carbocycles. The molecule has 0 bridgehead atoms. The Labute approximate surface area is 156 Å². The Morgan fingerprint density at radius 3 is 2.24 bits per heavy atom. The first kappa shape index (κ1) is 24.1. The van der Waals surface area contributed by atoms with Gasteiger partial charge in [0, 0.05) is 51.9 Å². The van der Waals surface area contributed by atoms with E-state index in [2.05, 4.69) is 67.1 Å². The summed E-state index contributed by atoms with van der Waals surface area (Å²) in [6.07, 6.45) is 2.19. The molecular formula is C19H43N5O. The lowest BCUT2D eigenvalue weighted by atomic mass is 10.2. The Hall–Kier alpha value is -0.850. The average Bonchev–Trinajstić information content (AvgIpc) is 2.55. The third-order valence-corrected chi connectivity index (χ3v) is 4.20. The van der Waals surface area contributed by atoms with E-state index in [0.717, 1.165) is 64.7 Å². The number of hydrogen-bond donors (Lipinski definition) is 2. The highest BCUT2D eigenvalue weighted by molar-refractivity contribution is 5.79. The summed E-state index contributed by atoms with van der Waals surface area (Å²) in [5.41, 5.74) is 0. The van der Waals surface area contributed by atoms with E-state index in [4.69, 9.17) is 4.74 Å². The highest BCUT2D eigenvalue weighted by atomic mass is 16.5. The first-order valence-electron chi connectivity index (χ1n) is 9.87. The van der Waals surface area contributed by atoms with Crippen molar-refractivity contribution >= 4 is 5.96 Å². The van der Waals surface area contributed by atoms with Crippen LogP contribution in [0.25, 0.3) is 0 Å². The topological polar surface area (TPSA) is 52.1 Å². The molecule has 0 aliphatic heterocycles. The molecule has 0 unspecified atom stereocenters. The Morgan fingerprint density at radius 1 is 1.00 bits per heavy atom. The second kappa shape index (κ2) is 15.4. The van der Waals surface area contributed by atoms with Crippen LogP contribution in [0.4, 0.5) is 0 Å². The quantitative estimate of drug-likeness (QED) is 0.283. The van der Waals surface area contributed by atoms with Gasteiger partial charge in [0.25, 0.3) is 0 Å². The largest absolute Gasteiger partial charge is 0.383 e. The van der Waals surface area contributed by atoms with Crippen LogP contribution in [0.3, 0.4) is 0 Å². The van der Waals surface area contributed by atoms with E-state index in [1.807, 2.05) is 0 Å². The third-order valence-electron chi connectivity index (χ3n) is 4.20. The van der Waals surface area contributed by atoms with E-state index >= 15 is 0 Å². The van der Waals surface area contributed by atoms with Crippen LogP contribution < -0.4 is 10.6 Å². The molecular weight excluding hydrogens is 314 g/mol. The van der Waals surface area contributed by atoms with Gasteiger partial charge in [0.15, 0.2) is 5.96 Å². The van der Waals surface area contributed by atoms with Crippen molar-refractivity contribution in [1.82, 2.24) is 20.4 Å². The van der Waals surface area contributed by atoms with Gasteiger partial charge in [-0.25, -0.2) is 0 Å². The van der Waals surface area contributed by atoms with E-state index < -0.39 is 0 Å². The zero-order chi connectivity index (χ0) is 19.1. The molecule has 6 nitrogen and oxygen atoms in total. The van der Waals surface area contributed by atoms with Gasteiger partial charge in [-0.3, -0.25) is 9.89 Å². The molecule has 0 aliphatic carbocycles. The van der Waals surface area contributed by atoms with Crippen LogP contribution in [0.15, 0.2) is 4.99 Å². The van der Waals surface area contributed by atoms with Crippen molar-refractivity contribution in [3.8, 4) is 0 Å². The number of ether oxygens (including phenoxy) is 1. The van der Waals surface area contributed by atoms with Gasteiger partial charge in [0.2, 0.25) is 0 Å². The predicted octanol–water partition coefficient (Wildman–Crippen LogP) is 2.02. The fourth-order valence-corrected chi connectivity index (χ4v) is 2.81. The number of nitrogens with zero attached hydrogens (tertiary/aromatic N) is 3. The second-order valence-corrected chi connectivity index (χ2v) is 7.12. The number of rotatable bonds is 14. The molecule has 0 radical (unpaired) electrons. The van der Waals surface area contributed by atoms with Gasteiger partial charge in [-0.1, -0.05) is 0 Å². The smallest absolute Gasteiger partial charge is 0.191 e. The zero-order valence-corrected chi connectivity index (χ0v) is 17.8. The Kier molecular flexibility index (Phi) is 14.9. The van der Waals surface area contributed by atoms with E-state index in [-0.39, 0.29) is 0 Å². The fourth-order valence-electron chi connectivity index (χ4n) is 2.81. The maximum absolute atomic E-state index is 5.10. The summed E-state index contributed by atoms with van der Waals surface area (Å²) in [7, 11) is 3.87. The minimum atomic E-state index is 0.594. The van der Waals surface area contributed by atoms with Crippen molar-refractivity contribution in [2.45, 2.75) is 59.5 Å². The molecule has 2 N–H and O–H groups in total. The van der Waals surface area contributed by atoms with Gasteiger partial charge in [0.05, 0.1) is 6.61 Å². The van der Waals surface area contributed by atoms with Crippen LogP contribution in [0.2, 0.25) is 0 Å². The minimum Gasteiger partial charge on any atom is -0.383 e. The third kappa shape index (κ3) is 13.1. The second-order valence-electron chi connectivity index (χ2n) is 7.12. The number of nitrogens with one attached hydrogen (secondary N) is 2. The molecule has 0 saturated heterocycles. The van der Waals surface area contributed by atoms with E-state index in [1.165, 1.54) is 0 Å². The zero-order valence-electron chi connectivity index (χ0n) is 17.8. The molecule has 0 amide bonds. The summed E-state index contributed by atoms with van der Waals surface area (Å²) in [5.74, 6) is 0.933. The molecule has 0 atom stereocenters. The van der Waals surface area contributed by atoms with Crippen LogP contribution in [0.5, 0.6) is 0 Å². The highest BCUT2D eigenvalue weighted by Gasteiger charge is 2.12. The van der Waals surface area contributed by atoms with Crippen molar-refractivity contribution in [2.75, 3.05) is 60.0 Å². The van der Waals surface area contributed by atoms with Crippen LogP contribution in [-0.4, -0.2) is 87.9 Å². The number of aliphatic imine (C=N–C) groups is 1. The lowest BCUT2D eigenvalue weighted by molar-refractivity contribution is 0.161. The number of likely N-dealkylation sites (N-methyl/N-ethyl adjacent to an activating group) is 1. The van der Waals surface area contributed by atoms with Crippen LogP contribution in [0.1, 0.15) is 47.5 Å². The van der Waals surface area contributed by atoms with E-state index in [0.29, 0.717) is 12.1 Å². The van der Waals surface area contributed by atoms with Gasteiger partial charge in [-0.2, -0.15) is 0 Å². The number of hydrogen-bond acceptors (Lipinski definition) is 4. The summed E-state index contributed by atoms with van der Waals surface area (Å²) >= 11 is 0. The van der Waals surface area contributed by atoms with Gasteiger partial charge in [-0.15, -0.1) is 0 Å². The van der Waals surface area contributed by atoms with Crippen molar-refractivity contribution < 1.29 is 4.74 Å². The van der Waals surface area contributed by atoms with Crippen LogP contribution >= 0.6 is 0 Å². The summed E-state index contributed by atoms with van der Waals surface area (Å²) in [4.78, 5) is 9.49. The van der Waals surface area contributed by atoms with Gasteiger partial charge in [-0.05, 0) is 61.1 Å². The van der Waals surface area contributed by atoms with Gasteiger partial charge < -0.3 is 20.3 Å². The fraction of sp³-hybridized carbons (Fsp3) is 0.947. The standard InChI is InChI=1S/C19H43N5O/c1-8-20-19(21-11-9-13-23(6)15-16-25-7)22-12-10-14-24(17(2)3)18(4)5/h17-18H,8-16H2,1-7H3,(H2,20,21,22). The average molecular weight is 358 g/mol. The van der Waals surface area contributed by atoms with E-state index in [1.54, 1.807) is 7.11 Å². The number of methoxy groups -OCH3 is 1. The van der Waals surface area contributed by atoms with Gasteiger partial charge >= 0.3 is 0 Å². The molecule has 0 spiro atoms. The molecule has 0 aromatic carbocycles. The van der Waals surface area contributed by atoms with E-state index in [9.17, 15) is 0 Å². The Balaban J connectivity index is 4.07. The lowest BCUT2D eigenvalue weighted by Crippen LogP contribution is -2.41. The molecule has 0 rings (SSSR count). The van der Waals surface area contributed by atoms with Crippen molar-refractivity contribution in [1.29, 1.82) is 0 Å². The summed E-state index contributed by atoms with van der Waals surface area (Å²) in [5, 5.41) is 6.79. The maximum Gasteiger partial charge on any atom is 0.191 e. The monoisotopic (exact) mass is 357 g/mol. The van der Waals surface area contributed by atoms with Crippen LogP contribution in [-0.2, 0) is 4.74 Å². The first-order valence-corrected chi connectivity index (χ1v) is 9.87. The summed E-state index contributed by atoms with van der Waals surface area (Å²) < 4.78 is 5.10. The molecule has 0 fully saturated rings. The first-order chi connectivity index (χ1) is 11.9. The molecule has 0 aliphatic rings. The molecule has 6 heteroatoms. The molecule has 0 aromatic rings. The SMILES string of the molecule is CCNC(=NCCCN(C)CCOC)NCCCN(C(C)C)C(C)C. The molecule has 25 heavy (non-hydrogen) atoms. The van der Waals surface area contributed by atoms with Crippen molar-refractivity contribution in [3.63, 3.8) is 0 Å². The highest BCUT2D eigenvalue weighted by Crippen LogP contribution is 2.05. The molecule has 0 heterocycles.